The Morgan fingerprint density at radius 1 is 0.895 bits per heavy atom. The van der Waals surface area contributed by atoms with Crippen molar-refractivity contribution in [2.75, 3.05) is 7.11 Å². The third-order valence-corrected chi connectivity index (χ3v) is 2.76. The molecular formula is C16H14O3. The van der Waals surface area contributed by atoms with Crippen LogP contribution in [0, 0.1) is 0 Å². The van der Waals surface area contributed by atoms with Gasteiger partial charge in [0, 0.05) is 7.11 Å². The summed E-state index contributed by atoms with van der Waals surface area (Å²) in [6.07, 6.45) is 1.53. The maximum absolute atomic E-state index is 12.3. The van der Waals surface area contributed by atoms with Crippen LogP contribution in [0.5, 0.6) is 0 Å². The lowest BCUT2D eigenvalue weighted by molar-refractivity contribution is 0.399. The average Bonchev–Trinajstić information content (AvgIpc) is 2.51. The first kappa shape index (κ1) is 13.1. The Kier molecular flexibility index (Phi) is 4.11. The van der Waals surface area contributed by atoms with Crippen LogP contribution in [0.2, 0.25) is 0 Å². The maximum atomic E-state index is 12.3. The number of fused-ring (bicyclic) bond motifs is 1. The smallest absolute Gasteiger partial charge is 0.200 e. The second kappa shape index (κ2) is 5.98. The van der Waals surface area contributed by atoms with E-state index in [1.165, 1.54) is 6.26 Å². The van der Waals surface area contributed by atoms with E-state index in [2.05, 4.69) is 0 Å². The molecule has 3 heteroatoms. The minimum atomic E-state index is 0.0121. The fourth-order valence-electron chi connectivity index (χ4n) is 1.89. The highest BCUT2D eigenvalue weighted by Gasteiger charge is 2.07. The first-order valence-corrected chi connectivity index (χ1v) is 5.87. The van der Waals surface area contributed by atoms with Gasteiger partial charge in [-0.1, -0.05) is 42.5 Å². The summed E-state index contributed by atoms with van der Waals surface area (Å²) in [5.74, 6) is 0. The first-order valence-electron chi connectivity index (χ1n) is 5.87. The molecule has 19 heavy (non-hydrogen) atoms. The van der Waals surface area contributed by atoms with E-state index in [9.17, 15) is 4.79 Å². The molecule has 0 aliphatic carbocycles. The third kappa shape index (κ3) is 2.56. The van der Waals surface area contributed by atoms with E-state index in [0.717, 1.165) is 12.7 Å². The van der Waals surface area contributed by atoms with Crippen LogP contribution in [-0.2, 0) is 0 Å². The molecule has 0 fully saturated rings. The monoisotopic (exact) mass is 254 g/mol. The van der Waals surface area contributed by atoms with Gasteiger partial charge in [0.1, 0.15) is 11.8 Å². The Balaban J connectivity index is 0.000000637. The van der Waals surface area contributed by atoms with Gasteiger partial charge >= 0.3 is 0 Å². The lowest BCUT2D eigenvalue weighted by Gasteiger charge is -2.01. The van der Waals surface area contributed by atoms with Crippen molar-refractivity contribution in [3.05, 3.63) is 71.1 Å². The SMILES string of the molecule is CO.O=c1c(-c2ccccc2)coc2ccccc12. The van der Waals surface area contributed by atoms with Crippen LogP contribution in [0.3, 0.4) is 0 Å². The molecule has 3 rings (SSSR count). The molecule has 0 amide bonds. The Morgan fingerprint density at radius 3 is 2.26 bits per heavy atom. The van der Waals surface area contributed by atoms with Crippen LogP contribution in [0.25, 0.3) is 22.1 Å². The van der Waals surface area contributed by atoms with Crippen molar-refractivity contribution >= 4 is 11.0 Å². The quantitative estimate of drug-likeness (QED) is 0.726. The minimum absolute atomic E-state index is 0.0121. The van der Waals surface area contributed by atoms with Crippen molar-refractivity contribution < 1.29 is 9.52 Å². The molecule has 0 aliphatic rings. The molecule has 1 aromatic heterocycles. The van der Waals surface area contributed by atoms with Crippen molar-refractivity contribution in [1.82, 2.24) is 0 Å². The summed E-state index contributed by atoms with van der Waals surface area (Å²) >= 11 is 0. The van der Waals surface area contributed by atoms with Gasteiger partial charge in [-0.2, -0.15) is 0 Å². The number of rotatable bonds is 1. The van der Waals surface area contributed by atoms with Gasteiger partial charge < -0.3 is 9.52 Å². The van der Waals surface area contributed by atoms with Crippen molar-refractivity contribution in [2.45, 2.75) is 0 Å². The highest BCUT2D eigenvalue weighted by Crippen LogP contribution is 2.18. The van der Waals surface area contributed by atoms with Crippen molar-refractivity contribution in [3.8, 4) is 11.1 Å². The summed E-state index contributed by atoms with van der Waals surface area (Å²) in [4.78, 5) is 12.3. The van der Waals surface area contributed by atoms with Gasteiger partial charge in [0.2, 0.25) is 0 Å². The standard InChI is InChI=1S/C15H10O2.CH4O/c16-15-12-8-4-5-9-14(12)17-10-13(15)11-6-2-1-3-7-11;1-2/h1-10H;2H,1H3. The molecule has 0 saturated heterocycles. The summed E-state index contributed by atoms with van der Waals surface area (Å²) < 4.78 is 5.48. The lowest BCUT2D eigenvalue weighted by atomic mass is 10.1. The van der Waals surface area contributed by atoms with Gasteiger partial charge in [-0.3, -0.25) is 4.79 Å². The number of benzene rings is 2. The van der Waals surface area contributed by atoms with Gasteiger partial charge in [-0.15, -0.1) is 0 Å². The Bertz CT molecular complexity index is 715. The Hall–Kier alpha value is -2.39. The van der Waals surface area contributed by atoms with Crippen LogP contribution in [-0.4, -0.2) is 12.2 Å². The van der Waals surface area contributed by atoms with Gasteiger partial charge in [0.05, 0.1) is 10.9 Å². The molecule has 3 nitrogen and oxygen atoms in total. The molecule has 0 bridgehead atoms. The van der Waals surface area contributed by atoms with Crippen LogP contribution < -0.4 is 5.43 Å². The molecule has 1 heterocycles. The topological polar surface area (TPSA) is 50.4 Å². The second-order valence-corrected chi connectivity index (χ2v) is 3.84. The zero-order valence-corrected chi connectivity index (χ0v) is 10.5. The van der Waals surface area contributed by atoms with E-state index in [1.807, 2.05) is 42.5 Å². The molecule has 1 N–H and O–H groups in total. The van der Waals surface area contributed by atoms with Crippen LogP contribution in [0.15, 0.2) is 70.1 Å². The molecule has 3 aromatic rings. The van der Waals surface area contributed by atoms with Gasteiger partial charge in [0.15, 0.2) is 5.43 Å². The zero-order chi connectivity index (χ0) is 13.7. The Labute approximate surface area is 110 Å². The molecule has 0 saturated carbocycles. The number of hydrogen-bond acceptors (Lipinski definition) is 3. The molecule has 0 atom stereocenters. The van der Waals surface area contributed by atoms with E-state index in [0.29, 0.717) is 16.5 Å². The highest BCUT2D eigenvalue weighted by molar-refractivity contribution is 5.81. The number of aliphatic hydroxyl groups excluding tert-OH is 1. The van der Waals surface area contributed by atoms with Crippen molar-refractivity contribution in [3.63, 3.8) is 0 Å². The zero-order valence-electron chi connectivity index (χ0n) is 10.5. The van der Waals surface area contributed by atoms with Gasteiger partial charge in [-0.05, 0) is 17.7 Å². The summed E-state index contributed by atoms with van der Waals surface area (Å²) in [5, 5.41) is 7.62. The van der Waals surface area contributed by atoms with E-state index in [4.69, 9.17) is 9.52 Å². The number of para-hydroxylation sites is 1. The highest BCUT2D eigenvalue weighted by atomic mass is 16.3. The van der Waals surface area contributed by atoms with E-state index in [-0.39, 0.29) is 5.43 Å². The summed E-state index contributed by atoms with van der Waals surface area (Å²) in [7, 11) is 1.00. The molecule has 0 aliphatic heterocycles. The lowest BCUT2D eigenvalue weighted by Crippen LogP contribution is -2.04. The van der Waals surface area contributed by atoms with Crippen LogP contribution >= 0.6 is 0 Å². The fourth-order valence-corrected chi connectivity index (χ4v) is 1.89. The maximum Gasteiger partial charge on any atom is 0.200 e. The number of hydrogen-bond donors (Lipinski definition) is 1. The van der Waals surface area contributed by atoms with Gasteiger partial charge in [0.25, 0.3) is 0 Å². The van der Waals surface area contributed by atoms with Crippen molar-refractivity contribution in [1.29, 1.82) is 0 Å². The van der Waals surface area contributed by atoms with Crippen LogP contribution in [0.1, 0.15) is 0 Å². The molecule has 0 unspecified atom stereocenters. The average molecular weight is 254 g/mol. The van der Waals surface area contributed by atoms with E-state index in [1.54, 1.807) is 12.1 Å². The Morgan fingerprint density at radius 2 is 1.53 bits per heavy atom. The molecular weight excluding hydrogens is 240 g/mol. The van der Waals surface area contributed by atoms with Crippen molar-refractivity contribution in [2.24, 2.45) is 0 Å². The number of aliphatic hydroxyl groups is 1. The normalized spacial score (nSPS) is 9.79. The largest absolute Gasteiger partial charge is 0.463 e. The summed E-state index contributed by atoms with van der Waals surface area (Å²) in [6.45, 7) is 0. The minimum Gasteiger partial charge on any atom is -0.463 e. The first-order chi connectivity index (χ1) is 9.36. The fraction of sp³-hybridized carbons (Fsp3) is 0.0625. The predicted octanol–water partition coefficient (Wildman–Crippen LogP) is 3.07. The molecule has 0 spiro atoms. The van der Waals surface area contributed by atoms with Crippen LogP contribution in [0.4, 0.5) is 0 Å². The second-order valence-electron chi connectivity index (χ2n) is 3.84. The van der Waals surface area contributed by atoms with E-state index < -0.39 is 0 Å². The van der Waals surface area contributed by atoms with E-state index >= 15 is 0 Å². The summed E-state index contributed by atoms with van der Waals surface area (Å²) in [6, 6.07) is 16.8. The molecule has 2 aromatic carbocycles. The predicted molar refractivity (Wildman–Crippen MR) is 76.1 cm³/mol. The third-order valence-electron chi connectivity index (χ3n) is 2.76. The van der Waals surface area contributed by atoms with Gasteiger partial charge in [-0.25, -0.2) is 0 Å². The summed E-state index contributed by atoms with van der Waals surface area (Å²) in [5.41, 5.74) is 2.12. The molecule has 96 valence electrons. The molecule has 0 radical (unpaired) electrons.